The van der Waals surface area contributed by atoms with Crippen LogP contribution in [0, 0.1) is 0 Å². The molecule has 7 nitrogen and oxygen atoms in total. The van der Waals surface area contributed by atoms with Crippen LogP contribution in [-0.2, 0) is 40.3 Å². The summed E-state index contributed by atoms with van der Waals surface area (Å²) >= 11 is 0. The summed E-state index contributed by atoms with van der Waals surface area (Å²) in [6.07, 6.45) is 7.50. The summed E-state index contributed by atoms with van der Waals surface area (Å²) in [5.74, 6) is 0.0973. The lowest BCUT2D eigenvalue weighted by Crippen LogP contribution is -2.36. The number of carbonyl (C=O) groups excluding carboxylic acids is 2. The number of carbonyl (C=O) groups is 2. The minimum Gasteiger partial charge on any atom is -0.367 e. The molecule has 144 valence electrons. The Morgan fingerprint density at radius 2 is 2.19 bits per heavy atom. The average molecular weight is 370 g/mol. The minimum absolute atomic E-state index is 0.0556. The molecule has 1 aliphatic rings. The predicted octanol–water partition coefficient (Wildman–Crippen LogP) is 1.53. The number of ether oxygens (including phenoxy) is 1. The number of nitrogens with one attached hydrogen (secondary N) is 1. The van der Waals surface area contributed by atoms with Gasteiger partial charge in [0.2, 0.25) is 11.8 Å². The summed E-state index contributed by atoms with van der Waals surface area (Å²) in [4.78, 5) is 35.0. The van der Waals surface area contributed by atoms with E-state index < -0.39 is 0 Å². The van der Waals surface area contributed by atoms with Crippen LogP contribution >= 0.6 is 0 Å². The van der Waals surface area contributed by atoms with E-state index in [2.05, 4.69) is 9.97 Å². The molecule has 2 aromatic rings. The molecule has 0 radical (unpaired) electrons. The molecule has 27 heavy (non-hydrogen) atoms. The lowest BCUT2D eigenvalue weighted by atomic mass is 9.97. The van der Waals surface area contributed by atoms with Crippen molar-refractivity contribution in [2.24, 2.45) is 0 Å². The standard InChI is InChI=1S/C20H26N4O3/c1-23(2)20(26)14-27-13-16-11-21-10-15-12-24(9-7-18(15)16)19(25)6-5-17-4-3-8-22-17/h3-4,8,10-11,22H,5-7,9,12-14H2,1-2H3. The highest BCUT2D eigenvalue weighted by atomic mass is 16.5. The molecular weight excluding hydrogens is 344 g/mol. The molecule has 1 aliphatic heterocycles. The van der Waals surface area contributed by atoms with Crippen LogP contribution in [-0.4, -0.2) is 58.8 Å². The molecule has 7 heteroatoms. The third kappa shape index (κ3) is 4.95. The molecule has 0 atom stereocenters. The second-order valence-corrected chi connectivity index (χ2v) is 6.98. The van der Waals surface area contributed by atoms with Gasteiger partial charge in [-0.25, -0.2) is 0 Å². The SMILES string of the molecule is CN(C)C(=O)COCc1cncc2c1CCN(C(=O)CCc1ccc[nH]1)C2. The fourth-order valence-electron chi connectivity index (χ4n) is 3.21. The lowest BCUT2D eigenvalue weighted by Gasteiger charge is -2.30. The molecular formula is C20H26N4O3. The van der Waals surface area contributed by atoms with Gasteiger partial charge in [-0.2, -0.15) is 0 Å². The highest BCUT2D eigenvalue weighted by Gasteiger charge is 2.22. The first kappa shape index (κ1) is 19.1. The zero-order chi connectivity index (χ0) is 19.2. The summed E-state index contributed by atoms with van der Waals surface area (Å²) < 4.78 is 5.55. The Labute approximate surface area is 159 Å². The van der Waals surface area contributed by atoms with Gasteiger partial charge in [0.05, 0.1) is 6.61 Å². The Balaban J connectivity index is 1.56. The number of nitrogens with zero attached hydrogens (tertiary/aromatic N) is 3. The van der Waals surface area contributed by atoms with Crippen LogP contribution < -0.4 is 0 Å². The number of H-pyrrole nitrogens is 1. The van der Waals surface area contributed by atoms with Gasteiger partial charge in [0.25, 0.3) is 0 Å². The number of aromatic nitrogens is 2. The van der Waals surface area contributed by atoms with Gasteiger partial charge in [-0.15, -0.1) is 0 Å². The number of aromatic amines is 1. The average Bonchev–Trinajstić information content (AvgIpc) is 3.19. The van der Waals surface area contributed by atoms with Crippen LogP contribution in [0.1, 0.15) is 28.8 Å². The number of amides is 2. The number of aryl methyl sites for hydroxylation is 1. The number of rotatable bonds is 7. The zero-order valence-electron chi connectivity index (χ0n) is 15.9. The Kier molecular flexibility index (Phi) is 6.24. The number of hydrogen-bond acceptors (Lipinski definition) is 4. The molecule has 3 rings (SSSR count). The quantitative estimate of drug-likeness (QED) is 0.802. The van der Waals surface area contributed by atoms with Gasteiger partial charge >= 0.3 is 0 Å². The van der Waals surface area contributed by atoms with Gasteiger partial charge in [-0.05, 0) is 41.7 Å². The van der Waals surface area contributed by atoms with Crippen LogP contribution in [0.3, 0.4) is 0 Å². The first-order valence-electron chi connectivity index (χ1n) is 9.17. The summed E-state index contributed by atoms with van der Waals surface area (Å²) in [6.45, 7) is 1.69. The fraction of sp³-hybridized carbons (Fsp3) is 0.450. The van der Waals surface area contributed by atoms with E-state index >= 15 is 0 Å². The van der Waals surface area contributed by atoms with Gasteiger partial charge in [-0.1, -0.05) is 0 Å². The van der Waals surface area contributed by atoms with E-state index in [1.54, 1.807) is 20.3 Å². The molecule has 0 saturated carbocycles. The maximum absolute atomic E-state index is 12.5. The van der Waals surface area contributed by atoms with E-state index in [9.17, 15) is 9.59 Å². The van der Waals surface area contributed by atoms with E-state index in [4.69, 9.17) is 4.74 Å². The first-order chi connectivity index (χ1) is 13.0. The highest BCUT2D eigenvalue weighted by Crippen LogP contribution is 2.23. The van der Waals surface area contributed by atoms with Crippen LogP contribution in [0.5, 0.6) is 0 Å². The second-order valence-electron chi connectivity index (χ2n) is 6.98. The lowest BCUT2D eigenvalue weighted by molar-refractivity contribution is -0.134. The summed E-state index contributed by atoms with van der Waals surface area (Å²) in [5, 5.41) is 0. The molecule has 0 aliphatic carbocycles. The van der Waals surface area contributed by atoms with Crippen molar-refractivity contribution in [3.63, 3.8) is 0 Å². The van der Waals surface area contributed by atoms with Crippen molar-refractivity contribution in [1.29, 1.82) is 0 Å². The van der Waals surface area contributed by atoms with Gasteiger partial charge in [0.1, 0.15) is 6.61 Å². The molecule has 0 fully saturated rings. The molecule has 0 aromatic carbocycles. The monoisotopic (exact) mass is 370 g/mol. The molecule has 3 heterocycles. The van der Waals surface area contributed by atoms with Gasteiger partial charge in [-0.3, -0.25) is 14.6 Å². The van der Waals surface area contributed by atoms with Crippen LogP contribution in [0.4, 0.5) is 0 Å². The molecule has 0 spiro atoms. The van der Waals surface area contributed by atoms with Crippen LogP contribution in [0.25, 0.3) is 0 Å². The molecule has 0 saturated heterocycles. The maximum atomic E-state index is 12.5. The zero-order valence-corrected chi connectivity index (χ0v) is 15.9. The van der Waals surface area contributed by atoms with E-state index in [0.717, 1.165) is 29.7 Å². The van der Waals surface area contributed by atoms with Crippen molar-refractivity contribution in [2.45, 2.75) is 32.4 Å². The first-order valence-corrected chi connectivity index (χ1v) is 9.17. The molecule has 0 unspecified atom stereocenters. The number of hydrogen-bond donors (Lipinski definition) is 1. The summed E-state index contributed by atoms with van der Waals surface area (Å²) in [7, 11) is 3.41. The number of fused-ring (bicyclic) bond motifs is 1. The largest absolute Gasteiger partial charge is 0.367 e. The Hall–Kier alpha value is -2.67. The predicted molar refractivity (Wildman–Crippen MR) is 101 cm³/mol. The van der Waals surface area contributed by atoms with Crippen molar-refractivity contribution >= 4 is 11.8 Å². The molecule has 2 aromatic heterocycles. The Morgan fingerprint density at radius 3 is 2.93 bits per heavy atom. The topological polar surface area (TPSA) is 78.5 Å². The molecule has 0 bridgehead atoms. The van der Waals surface area contributed by atoms with Crippen molar-refractivity contribution in [3.8, 4) is 0 Å². The third-order valence-corrected chi connectivity index (χ3v) is 4.83. The van der Waals surface area contributed by atoms with Gasteiger partial charge in [0.15, 0.2) is 0 Å². The Morgan fingerprint density at radius 1 is 1.33 bits per heavy atom. The van der Waals surface area contributed by atoms with Crippen LogP contribution in [0.2, 0.25) is 0 Å². The van der Waals surface area contributed by atoms with E-state index in [0.29, 0.717) is 26.1 Å². The normalized spacial score (nSPS) is 13.3. The van der Waals surface area contributed by atoms with E-state index in [-0.39, 0.29) is 18.4 Å². The van der Waals surface area contributed by atoms with Crippen molar-refractivity contribution in [2.75, 3.05) is 27.2 Å². The Bertz CT molecular complexity index is 787. The summed E-state index contributed by atoms with van der Waals surface area (Å²) in [5.41, 5.74) is 4.33. The fourth-order valence-corrected chi connectivity index (χ4v) is 3.21. The second kappa shape index (κ2) is 8.81. The maximum Gasteiger partial charge on any atom is 0.248 e. The van der Waals surface area contributed by atoms with E-state index in [1.165, 1.54) is 10.5 Å². The minimum atomic E-state index is -0.0633. The van der Waals surface area contributed by atoms with Crippen LogP contribution in [0.15, 0.2) is 30.7 Å². The van der Waals surface area contributed by atoms with Gasteiger partial charge in [0, 0.05) is 57.9 Å². The van der Waals surface area contributed by atoms with Crippen molar-refractivity contribution in [3.05, 3.63) is 53.1 Å². The molecule has 1 N–H and O–H groups in total. The third-order valence-electron chi connectivity index (χ3n) is 4.83. The summed E-state index contributed by atoms with van der Waals surface area (Å²) in [6, 6.07) is 3.94. The van der Waals surface area contributed by atoms with Gasteiger partial charge < -0.3 is 19.5 Å². The van der Waals surface area contributed by atoms with Crippen molar-refractivity contribution < 1.29 is 14.3 Å². The highest BCUT2D eigenvalue weighted by molar-refractivity contribution is 5.77. The molecule has 2 amide bonds. The number of likely N-dealkylation sites (N-methyl/N-ethyl adjacent to an activating group) is 1. The smallest absolute Gasteiger partial charge is 0.248 e. The van der Waals surface area contributed by atoms with E-state index in [1.807, 2.05) is 29.4 Å². The number of pyridine rings is 1. The van der Waals surface area contributed by atoms with Crippen molar-refractivity contribution in [1.82, 2.24) is 19.8 Å².